The van der Waals surface area contributed by atoms with E-state index in [1.165, 1.54) is 18.2 Å². The van der Waals surface area contributed by atoms with Crippen LogP contribution in [0.15, 0.2) is 70.9 Å². The lowest BCUT2D eigenvalue weighted by molar-refractivity contribution is -0.126. The van der Waals surface area contributed by atoms with Crippen LogP contribution >= 0.6 is 11.6 Å². The van der Waals surface area contributed by atoms with E-state index < -0.39 is 21.3 Å². The number of piperazine rings is 1. The molecule has 1 saturated heterocycles. The molecule has 212 valence electrons. The van der Waals surface area contributed by atoms with Crippen LogP contribution in [-0.2, 0) is 14.6 Å². The summed E-state index contributed by atoms with van der Waals surface area (Å²) in [6.45, 7) is 8.08. The summed E-state index contributed by atoms with van der Waals surface area (Å²) < 4.78 is 42.5. The van der Waals surface area contributed by atoms with E-state index in [9.17, 15) is 18.0 Å². The first kappa shape index (κ1) is 28.4. The van der Waals surface area contributed by atoms with E-state index in [4.69, 9.17) is 11.6 Å². The van der Waals surface area contributed by atoms with Crippen LogP contribution in [0.25, 0.3) is 28.0 Å². The second-order valence-electron chi connectivity index (χ2n) is 9.95. The van der Waals surface area contributed by atoms with E-state index in [-0.39, 0.29) is 50.1 Å². The Labute approximate surface area is 241 Å². The molecule has 2 aromatic carbocycles. The van der Waals surface area contributed by atoms with E-state index >= 15 is 4.39 Å². The number of hydrogen-bond donors (Lipinski definition) is 0. The van der Waals surface area contributed by atoms with Gasteiger partial charge in [0, 0.05) is 37.5 Å². The highest BCUT2D eigenvalue weighted by molar-refractivity contribution is 7.90. The predicted octanol–water partition coefficient (Wildman–Crippen LogP) is 4.18. The number of benzene rings is 2. The van der Waals surface area contributed by atoms with Gasteiger partial charge in [0.05, 0.1) is 21.0 Å². The van der Waals surface area contributed by atoms with Gasteiger partial charge in [-0.2, -0.15) is 4.98 Å². The van der Waals surface area contributed by atoms with Crippen LogP contribution < -0.4 is 10.6 Å². The van der Waals surface area contributed by atoms with Crippen molar-refractivity contribution >= 4 is 44.2 Å². The van der Waals surface area contributed by atoms with Gasteiger partial charge in [-0.15, -0.1) is 0 Å². The van der Waals surface area contributed by atoms with Gasteiger partial charge in [-0.3, -0.25) is 4.79 Å². The maximum absolute atomic E-state index is 15.8. The van der Waals surface area contributed by atoms with Crippen LogP contribution in [-0.4, -0.2) is 65.7 Å². The normalized spacial score (nSPS) is 15.8. The largest absolute Gasteiger partial charge is 0.355 e. The Hall–Kier alpha value is -4.09. The summed E-state index contributed by atoms with van der Waals surface area (Å²) in [4.78, 5) is 38.4. The Morgan fingerprint density at radius 3 is 2.54 bits per heavy atom. The average molecular weight is 596 g/mol. The van der Waals surface area contributed by atoms with Crippen molar-refractivity contribution < 1.29 is 17.6 Å². The molecule has 2 aromatic heterocycles. The van der Waals surface area contributed by atoms with E-state index in [2.05, 4.69) is 16.5 Å². The molecular weight excluding hydrogens is 569 g/mol. The number of fused-ring (bicyclic) bond motifs is 1. The van der Waals surface area contributed by atoms with Crippen LogP contribution in [0.4, 0.5) is 10.2 Å². The van der Waals surface area contributed by atoms with E-state index in [0.29, 0.717) is 30.8 Å². The molecule has 1 atom stereocenters. The first-order valence-corrected chi connectivity index (χ1v) is 15.1. The van der Waals surface area contributed by atoms with Crippen LogP contribution in [0, 0.1) is 12.7 Å². The van der Waals surface area contributed by atoms with Crippen molar-refractivity contribution in [2.45, 2.75) is 24.8 Å². The molecule has 0 aliphatic carbocycles. The predicted molar refractivity (Wildman–Crippen MR) is 157 cm³/mol. The Balaban J connectivity index is 1.84. The molecular formula is C29H27ClFN5O4S. The number of halogens is 2. The third kappa shape index (κ3) is 5.11. The second kappa shape index (κ2) is 10.7. The van der Waals surface area contributed by atoms with Gasteiger partial charge >= 0.3 is 5.69 Å². The Morgan fingerprint density at radius 2 is 1.88 bits per heavy atom. The Kier molecular flexibility index (Phi) is 7.43. The van der Waals surface area contributed by atoms with Crippen LogP contribution in [0.3, 0.4) is 0 Å². The highest BCUT2D eigenvalue weighted by Crippen LogP contribution is 2.35. The lowest BCUT2D eigenvalue weighted by Crippen LogP contribution is -2.54. The molecule has 0 radical (unpaired) electrons. The molecule has 0 N–H and O–H groups in total. The molecule has 0 bridgehead atoms. The molecule has 1 aliphatic heterocycles. The molecule has 0 unspecified atom stereocenters. The molecule has 0 saturated carbocycles. The van der Waals surface area contributed by atoms with E-state index in [1.807, 2.05) is 11.8 Å². The number of rotatable bonds is 5. The SMILES string of the molecule is C=CC(=O)N1CCN(c2nc(=O)n(-c3c(C)cccc3S(C)(=O)=O)c3nc(-c4ccccc4Cl)c(F)cc23)[C@@H](C)C1. The lowest BCUT2D eigenvalue weighted by atomic mass is 10.1. The number of pyridine rings is 1. The van der Waals surface area contributed by atoms with Crippen LogP contribution in [0.2, 0.25) is 5.02 Å². The number of aromatic nitrogens is 3. The Bertz CT molecular complexity index is 1890. The minimum Gasteiger partial charge on any atom is -0.350 e. The minimum atomic E-state index is -3.79. The smallest absolute Gasteiger partial charge is 0.350 e. The average Bonchev–Trinajstić information content (AvgIpc) is 2.92. The van der Waals surface area contributed by atoms with Crippen molar-refractivity contribution in [3.8, 4) is 16.9 Å². The summed E-state index contributed by atoms with van der Waals surface area (Å²) >= 11 is 6.39. The lowest BCUT2D eigenvalue weighted by Gasteiger charge is -2.40. The highest BCUT2D eigenvalue weighted by Gasteiger charge is 2.31. The highest BCUT2D eigenvalue weighted by atomic mass is 35.5. The van der Waals surface area contributed by atoms with Gasteiger partial charge in [-0.25, -0.2) is 27.2 Å². The number of amides is 1. The van der Waals surface area contributed by atoms with Crippen molar-refractivity contribution in [3.63, 3.8) is 0 Å². The van der Waals surface area contributed by atoms with Gasteiger partial charge in [0.15, 0.2) is 15.5 Å². The summed E-state index contributed by atoms with van der Waals surface area (Å²) in [6.07, 6.45) is 2.29. The van der Waals surface area contributed by atoms with E-state index in [0.717, 1.165) is 10.8 Å². The van der Waals surface area contributed by atoms with Crippen molar-refractivity contribution in [1.29, 1.82) is 0 Å². The number of aryl methyl sites for hydroxylation is 1. The summed E-state index contributed by atoms with van der Waals surface area (Å²) in [5.41, 5.74) is 0.0188. The molecule has 12 heteroatoms. The van der Waals surface area contributed by atoms with E-state index in [1.54, 1.807) is 48.2 Å². The van der Waals surface area contributed by atoms with Crippen LogP contribution in [0.5, 0.6) is 0 Å². The van der Waals surface area contributed by atoms with Crippen molar-refractivity contribution in [2.24, 2.45) is 0 Å². The molecule has 0 spiro atoms. The van der Waals surface area contributed by atoms with Crippen molar-refractivity contribution in [3.05, 3.63) is 88.1 Å². The summed E-state index contributed by atoms with van der Waals surface area (Å²) in [7, 11) is -3.79. The number of anilines is 1. The minimum absolute atomic E-state index is 0.0207. The molecule has 1 fully saturated rings. The molecule has 3 heterocycles. The Morgan fingerprint density at radius 1 is 1.15 bits per heavy atom. The zero-order chi connectivity index (χ0) is 29.6. The van der Waals surface area contributed by atoms with Gasteiger partial charge in [0.25, 0.3) is 0 Å². The van der Waals surface area contributed by atoms with Gasteiger partial charge in [0.1, 0.15) is 17.3 Å². The standard InChI is InChI=1S/C29H27ClFN5O4S/c1-5-24(37)34-13-14-35(18(3)16-34)27-20-15-22(31)25(19-10-6-7-11-21(19)30)32-28(20)36(29(38)33-27)26-17(2)9-8-12-23(26)41(4,39)40/h5-12,15,18H,1,13-14,16H2,2-4H3/t18-/m0/s1. The molecule has 5 rings (SSSR count). The molecule has 9 nitrogen and oxygen atoms in total. The zero-order valence-electron chi connectivity index (χ0n) is 22.6. The zero-order valence-corrected chi connectivity index (χ0v) is 24.2. The summed E-state index contributed by atoms with van der Waals surface area (Å²) in [5.74, 6) is -0.721. The third-order valence-electron chi connectivity index (χ3n) is 7.14. The fraction of sp³-hybridized carbons (Fsp3) is 0.241. The van der Waals surface area contributed by atoms with Gasteiger partial charge in [0.2, 0.25) is 5.91 Å². The number of hydrogen-bond acceptors (Lipinski definition) is 7. The molecule has 4 aromatic rings. The van der Waals surface area contributed by atoms with Crippen LogP contribution in [0.1, 0.15) is 12.5 Å². The number of sulfone groups is 1. The number of nitrogens with zero attached hydrogens (tertiary/aromatic N) is 5. The van der Waals surface area contributed by atoms with Gasteiger partial charge in [-0.05, 0) is 43.7 Å². The topological polar surface area (TPSA) is 105 Å². The number of carbonyl (C=O) groups excluding carboxylic acids is 1. The van der Waals surface area contributed by atoms with Gasteiger partial charge < -0.3 is 9.80 Å². The maximum Gasteiger partial charge on any atom is 0.355 e. The number of carbonyl (C=O) groups is 1. The van der Waals surface area contributed by atoms with Crippen molar-refractivity contribution in [1.82, 2.24) is 19.4 Å². The first-order valence-electron chi connectivity index (χ1n) is 12.8. The summed E-state index contributed by atoms with van der Waals surface area (Å²) in [6, 6.07) is 12.2. The van der Waals surface area contributed by atoms with Crippen molar-refractivity contribution in [2.75, 3.05) is 30.8 Å². The molecule has 1 amide bonds. The van der Waals surface area contributed by atoms with Gasteiger partial charge in [-0.1, -0.05) is 48.5 Å². The third-order valence-corrected chi connectivity index (χ3v) is 8.60. The fourth-order valence-electron chi connectivity index (χ4n) is 5.19. The fourth-order valence-corrected chi connectivity index (χ4v) is 6.34. The molecule has 1 aliphatic rings. The molecule has 41 heavy (non-hydrogen) atoms. The maximum atomic E-state index is 15.8. The quantitative estimate of drug-likeness (QED) is 0.319. The first-order chi connectivity index (χ1) is 19.4. The monoisotopic (exact) mass is 595 g/mol. The second-order valence-corrected chi connectivity index (χ2v) is 12.3. The number of para-hydroxylation sites is 1. The summed E-state index contributed by atoms with van der Waals surface area (Å²) in [5, 5.41) is 0.460.